The van der Waals surface area contributed by atoms with Crippen LogP contribution in [0.15, 0.2) is 42.5 Å². The lowest BCUT2D eigenvalue weighted by Crippen LogP contribution is -2.08. The number of hydrogen-bond donors (Lipinski definition) is 1. The first-order valence-corrected chi connectivity index (χ1v) is 5.81. The minimum Gasteiger partial charge on any atom is -0.457 e. The van der Waals surface area contributed by atoms with E-state index in [1.807, 2.05) is 0 Å². The molecule has 92 valence electrons. The van der Waals surface area contributed by atoms with Crippen LogP contribution in [0.5, 0.6) is 11.5 Å². The van der Waals surface area contributed by atoms with Crippen LogP contribution in [0.4, 0.5) is 4.39 Å². The molecule has 2 aromatic carbocycles. The molecule has 2 rings (SSSR count). The predicted octanol–water partition coefficient (Wildman–Crippen LogP) is 3.56. The lowest BCUT2D eigenvalue weighted by molar-refractivity contribution is 0.476. The molecule has 4 heteroatoms. The van der Waals surface area contributed by atoms with Gasteiger partial charge in [0.15, 0.2) is 0 Å². The second-order valence-electron chi connectivity index (χ2n) is 3.90. The smallest absolute Gasteiger partial charge is 0.130 e. The van der Waals surface area contributed by atoms with E-state index in [0.717, 1.165) is 5.56 Å². The minimum absolute atomic E-state index is 0.285. The Morgan fingerprint density at radius 1 is 1.11 bits per heavy atom. The fraction of sp³-hybridized carbons (Fsp3) is 0.0714. The van der Waals surface area contributed by atoms with Crippen LogP contribution in [-0.4, -0.2) is 4.99 Å². The number of ether oxygens (including phenoxy) is 1. The van der Waals surface area contributed by atoms with E-state index in [0.29, 0.717) is 22.1 Å². The normalized spacial score (nSPS) is 10.1. The topological polar surface area (TPSA) is 35.2 Å². The molecule has 2 nitrogen and oxygen atoms in total. The van der Waals surface area contributed by atoms with Gasteiger partial charge in [-0.25, -0.2) is 4.39 Å². The van der Waals surface area contributed by atoms with Crippen LogP contribution < -0.4 is 10.5 Å². The van der Waals surface area contributed by atoms with Gasteiger partial charge in [-0.2, -0.15) is 0 Å². The third-order valence-corrected chi connectivity index (χ3v) is 2.75. The van der Waals surface area contributed by atoms with Gasteiger partial charge >= 0.3 is 0 Å². The van der Waals surface area contributed by atoms with Crippen LogP contribution in [0.3, 0.4) is 0 Å². The van der Waals surface area contributed by atoms with Gasteiger partial charge in [-0.05, 0) is 42.8 Å². The average molecular weight is 261 g/mol. The van der Waals surface area contributed by atoms with Gasteiger partial charge in [-0.15, -0.1) is 0 Å². The Labute approximate surface area is 110 Å². The number of benzene rings is 2. The van der Waals surface area contributed by atoms with Gasteiger partial charge in [0, 0.05) is 11.6 Å². The van der Waals surface area contributed by atoms with Crippen molar-refractivity contribution < 1.29 is 9.13 Å². The van der Waals surface area contributed by atoms with E-state index in [-0.39, 0.29) is 5.82 Å². The number of hydrogen-bond acceptors (Lipinski definition) is 2. The molecule has 0 heterocycles. The number of rotatable bonds is 3. The molecule has 2 N–H and O–H groups in total. The van der Waals surface area contributed by atoms with Crippen LogP contribution in [0.1, 0.15) is 11.1 Å². The first-order valence-electron chi connectivity index (χ1n) is 5.40. The Morgan fingerprint density at radius 2 is 1.72 bits per heavy atom. The summed E-state index contributed by atoms with van der Waals surface area (Å²) >= 11 is 4.85. The average Bonchev–Trinajstić information content (AvgIpc) is 2.34. The molecule has 0 aromatic heterocycles. The van der Waals surface area contributed by atoms with Crippen LogP contribution in [0, 0.1) is 12.7 Å². The zero-order valence-electron chi connectivity index (χ0n) is 9.81. The maximum Gasteiger partial charge on any atom is 0.130 e. The molecule has 0 aliphatic rings. The van der Waals surface area contributed by atoms with E-state index in [4.69, 9.17) is 22.7 Å². The van der Waals surface area contributed by atoms with E-state index >= 15 is 0 Å². The number of thiocarbonyl (C=S) groups is 1. The predicted molar refractivity (Wildman–Crippen MR) is 73.5 cm³/mol. The molecule has 0 amide bonds. The first-order chi connectivity index (χ1) is 8.56. The summed E-state index contributed by atoms with van der Waals surface area (Å²) in [6.45, 7) is 1.70. The number of aryl methyl sites for hydroxylation is 1. The van der Waals surface area contributed by atoms with E-state index in [1.54, 1.807) is 43.3 Å². The quantitative estimate of drug-likeness (QED) is 0.858. The highest BCUT2D eigenvalue weighted by Crippen LogP contribution is 2.23. The van der Waals surface area contributed by atoms with Crippen molar-refractivity contribution in [2.75, 3.05) is 0 Å². The van der Waals surface area contributed by atoms with Crippen molar-refractivity contribution in [3.05, 3.63) is 59.4 Å². The lowest BCUT2D eigenvalue weighted by Gasteiger charge is -2.07. The molecule has 0 fully saturated rings. The number of nitrogens with two attached hydrogens (primary N) is 1. The molecule has 0 atom stereocenters. The van der Waals surface area contributed by atoms with Crippen molar-refractivity contribution in [3.63, 3.8) is 0 Å². The Bertz CT molecular complexity index is 581. The van der Waals surface area contributed by atoms with E-state index in [1.165, 1.54) is 6.07 Å². The third kappa shape index (κ3) is 2.84. The summed E-state index contributed by atoms with van der Waals surface area (Å²) in [5.74, 6) is 0.784. The zero-order valence-corrected chi connectivity index (χ0v) is 10.6. The van der Waals surface area contributed by atoms with Crippen LogP contribution in [0.2, 0.25) is 0 Å². The molecule has 0 aliphatic carbocycles. The van der Waals surface area contributed by atoms with Crippen molar-refractivity contribution in [3.8, 4) is 11.5 Å². The Balaban J connectivity index is 2.18. The molecule has 0 radical (unpaired) electrons. The van der Waals surface area contributed by atoms with Gasteiger partial charge < -0.3 is 10.5 Å². The van der Waals surface area contributed by atoms with Crippen molar-refractivity contribution in [2.45, 2.75) is 6.92 Å². The van der Waals surface area contributed by atoms with Crippen molar-refractivity contribution in [2.24, 2.45) is 5.73 Å². The first kappa shape index (κ1) is 12.5. The van der Waals surface area contributed by atoms with Gasteiger partial charge in [0.2, 0.25) is 0 Å². The summed E-state index contributed by atoms with van der Waals surface area (Å²) in [6, 6.07) is 11.8. The Morgan fingerprint density at radius 3 is 2.28 bits per heavy atom. The van der Waals surface area contributed by atoms with Gasteiger partial charge in [0.25, 0.3) is 0 Å². The molecule has 2 aromatic rings. The Hall–Kier alpha value is -1.94. The second-order valence-corrected chi connectivity index (χ2v) is 4.34. The van der Waals surface area contributed by atoms with E-state index < -0.39 is 0 Å². The van der Waals surface area contributed by atoms with E-state index in [9.17, 15) is 4.39 Å². The molecule has 0 saturated carbocycles. The summed E-state index contributed by atoms with van der Waals surface area (Å²) < 4.78 is 18.9. The maximum absolute atomic E-state index is 13.3. The molecule has 18 heavy (non-hydrogen) atoms. The van der Waals surface area contributed by atoms with Gasteiger partial charge in [0.1, 0.15) is 22.3 Å². The van der Waals surface area contributed by atoms with Crippen LogP contribution in [-0.2, 0) is 0 Å². The lowest BCUT2D eigenvalue weighted by atomic mass is 10.2. The molecule has 0 saturated heterocycles. The fourth-order valence-electron chi connectivity index (χ4n) is 1.46. The van der Waals surface area contributed by atoms with Gasteiger partial charge in [0.05, 0.1) is 0 Å². The van der Waals surface area contributed by atoms with Gasteiger partial charge in [-0.3, -0.25) is 0 Å². The van der Waals surface area contributed by atoms with Crippen molar-refractivity contribution in [1.29, 1.82) is 0 Å². The minimum atomic E-state index is -0.285. The standard InChI is InChI=1S/C14H12FNOS/c1-9-2-5-12(8-13(9)15)17-11-6-3-10(4-7-11)14(16)18/h2-8H,1H3,(H2,16,18). The van der Waals surface area contributed by atoms with Crippen molar-refractivity contribution >= 4 is 17.2 Å². The molecule has 0 unspecified atom stereocenters. The summed E-state index contributed by atoms with van der Waals surface area (Å²) in [6.07, 6.45) is 0. The summed E-state index contributed by atoms with van der Waals surface area (Å²) in [4.78, 5) is 0.336. The molecule has 0 aliphatic heterocycles. The summed E-state index contributed by atoms with van der Waals surface area (Å²) in [5, 5.41) is 0. The highest BCUT2D eigenvalue weighted by atomic mass is 32.1. The zero-order chi connectivity index (χ0) is 13.1. The Kier molecular flexibility index (Phi) is 3.58. The largest absolute Gasteiger partial charge is 0.457 e. The molecule has 0 bridgehead atoms. The molecular formula is C14H12FNOS. The van der Waals surface area contributed by atoms with E-state index in [2.05, 4.69) is 0 Å². The highest BCUT2D eigenvalue weighted by molar-refractivity contribution is 7.80. The monoisotopic (exact) mass is 261 g/mol. The second kappa shape index (κ2) is 5.14. The summed E-state index contributed by atoms with van der Waals surface area (Å²) in [5.41, 5.74) is 6.85. The van der Waals surface area contributed by atoms with Crippen LogP contribution >= 0.6 is 12.2 Å². The molecule has 0 spiro atoms. The maximum atomic E-state index is 13.3. The highest BCUT2D eigenvalue weighted by Gasteiger charge is 2.02. The summed E-state index contributed by atoms with van der Waals surface area (Å²) in [7, 11) is 0. The van der Waals surface area contributed by atoms with Crippen molar-refractivity contribution in [1.82, 2.24) is 0 Å². The fourth-order valence-corrected chi connectivity index (χ4v) is 1.60. The number of halogens is 1. The molecular weight excluding hydrogens is 249 g/mol. The van der Waals surface area contributed by atoms with Crippen LogP contribution in [0.25, 0.3) is 0 Å². The SMILES string of the molecule is Cc1ccc(Oc2ccc(C(N)=S)cc2)cc1F. The third-order valence-electron chi connectivity index (χ3n) is 2.52. The van der Waals surface area contributed by atoms with Gasteiger partial charge in [-0.1, -0.05) is 18.3 Å².